The zero-order chi connectivity index (χ0) is 9.11. The van der Waals surface area contributed by atoms with Gasteiger partial charge in [-0.1, -0.05) is 19.8 Å². The Morgan fingerprint density at radius 2 is 1.53 bits per heavy atom. The molecule has 0 heterocycles. The molecule has 0 saturated carbocycles. The van der Waals surface area contributed by atoms with E-state index in [-0.39, 0.29) is 124 Å². The van der Waals surface area contributed by atoms with E-state index >= 15 is 0 Å². The number of hydrogen-bond donors (Lipinski definition) is 2. The first kappa shape index (κ1) is 36.4. The predicted molar refractivity (Wildman–Crippen MR) is 47.9 cm³/mol. The van der Waals surface area contributed by atoms with Crippen LogP contribution in [0.3, 0.4) is 0 Å². The third kappa shape index (κ3) is 46.1. The van der Waals surface area contributed by atoms with Gasteiger partial charge < -0.3 is 10.8 Å². The molecule has 15 heavy (non-hydrogen) atoms. The van der Waals surface area contributed by atoms with Crippen molar-refractivity contribution < 1.29 is 143 Å². The van der Waals surface area contributed by atoms with E-state index in [9.17, 15) is 4.57 Å². The van der Waals surface area contributed by atoms with Gasteiger partial charge in [-0.3, -0.25) is 0 Å². The van der Waals surface area contributed by atoms with Gasteiger partial charge >= 0.3 is 126 Å². The van der Waals surface area contributed by atoms with Gasteiger partial charge in [-0.25, -0.2) is 0 Å². The fraction of sp³-hybridized carbons (Fsp3) is 1.00. The summed E-state index contributed by atoms with van der Waals surface area (Å²) in [7, 11) is -1.37. The van der Waals surface area contributed by atoms with Crippen LogP contribution in [-0.4, -0.2) is 23.7 Å². The molecule has 0 rings (SSSR count). The molecule has 76 valence electrons. The zero-order valence-corrected chi connectivity index (χ0v) is 19.9. The molecule has 0 aliphatic carbocycles. The molecule has 2 N–H and O–H groups in total. The molecule has 1 atom stereocenters. The van der Waals surface area contributed by atoms with Gasteiger partial charge in [-0.05, 0) is 6.42 Å². The van der Waals surface area contributed by atoms with Crippen LogP contribution in [0.4, 0.5) is 0 Å². The van der Waals surface area contributed by atoms with Crippen molar-refractivity contribution >= 4 is 8.25 Å². The molecule has 0 aromatic heterocycles. The Bertz CT molecular complexity index is 113. The summed E-state index contributed by atoms with van der Waals surface area (Å²) >= 11 is 0. The fourth-order valence-electron chi connectivity index (χ4n) is 0.495. The summed E-state index contributed by atoms with van der Waals surface area (Å²) in [5.74, 6) is 0. The number of unbranched alkanes of at least 4 members (excludes halogenated alkanes) is 2. The second-order valence-corrected chi connectivity index (χ2v) is 2.51. The van der Waals surface area contributed by atoms with Crippen LogP contribution in [0.5, 0.6) is 0 Å². The van der Waals surface area contributed by atoms with E-state index < -0.39 is 8.25 Å². The van der Waals surface area contributed by atoms with Crippen molar-refractivity contribution in [1.82, 2.24) is 0 Å². The number of hydrogen-bond acceptors (Lipinski definition) is 3. The Morgan fingerprint density at radius 3 is 1.80 bits per heavy atom. The molecule has 0 saturated heterocycles. The summed E-state index contributed by atoms with van der Waals surface area (Å²) in [5.41, 5.74) is 0. The maximum absolute atomic E-state index is 9.89. The number of rotatable bonds is 5. The molecule has 0 aliphatic rings. The first-order valence-electron chi connectivity index (χ1n) is 3.51. The SMILES string of the molecule is CCCCCO[P+](=O)O.CO.[H-].[H-].[H-].[H-].[Na+].[Na+].[Na+].[Na+]. The van der Waals surface area contributed by atoms with Crippen molar-refractivity contribution in [2.24, 2.45) is 0 Å². The molecule has 4 nitrogen and oxygen atoms in total. The number of aliphatic hydroxyl groups excluding tert-OH is 1. The van der Waals surface area contributed by atoms with E-state index in [1.165, 1.54) is 0 Å². The molecule has 0 bridgehead atoms. The average molecular weight is 279 g/mol. The molecule has 1 unspecified atom stereocenters. The van der Waals surface area contributed by atoms with Crippen molar-refractivity contribution in [2.75, 3.05) is 13.7 Å². The molecular weight excluding hydrogens is 259 g/mol. The van der Waals surface area contributed by atoms with E-state index in [1.54, 1.807) is 0 Å². The minimum atomic E-state index is -2.37. The second-order valence-electron chi connectivity index (χ2n) is 1.78. The molecule has 0 spiro atoms. The molecule has 9 heteroatoms. The Kier molecular flexibility index (Phi) is 87.7. The monoisotopic (exact) mass is 279 g/mol. The molecule has 0 amide bonds. The van der Waals surface area contributed by atoms with Gasteiger partial charge in [0.25, 0.3) is 0 Å². The third-order valence-corrected chi connectivity index (χ3v) is 1.35. The van der Waals surface area contributed by atoms with Crippen molar-refractivity contribution in [1.29, 1.82) is 0 Å². The van der Waals surface area contributed by atoms with Gasteiger partial charge in [0.2, 0.25) is 0 Å². The van der Waals surface area contributed by atoms with Gasteiger partial charge in [0, 0.05) is 11.7 Å². The van der Waals surface area contributed by atoms with Gasteiger partial charge in [0.15, 0.2) is 0 Å². The van der Waals surface area contributed by atoms with Gasteiger partial charge in [-0.15, -0.1) is 9.42 Å². The summed E-state index contributed by atoms with van der Waals surface area (Å²) in [6.07, 6.45) is 3.03. The van der Waals surface area contributed by atoms with E-state index in [1.807, 2.05) is 0 Å². The fourth-order valence-corrected chi connectivity index (χ4v) is 0.780. The first-order chi connectivity index (χ1) is 5.27. The summed E-state index contributed by atoms with van der Waals surface area (Å²) < 4.78 is 14.3. The normalized spacial score (nSPS) is 7.33. The van der Waals surface area contributed by atoms with Crippen LogP contribution < -0.4 is 118 Å². The van der Waals surface area contributed by atoms with Crippen LogP contribution in [0.15, 0.2) is 0 Å². The standard InChI is InChI=1S/C5H11O3P.CH4O.4Na.4H/c1-2-3-4-5-8-9(6)7;1-2;;;;;;;;/h2-5H2,1H3;2H,1H3;;;;;;;;/q;;4*+1;4*-1/p+1. The molecule has 0 aliphatic heterocycles. The van der Waals surface area contributed by atoms with Gasteiger partial charge in [0.05, 0.1) is 0 Å². The minimum Gasteiger partial charge on any atom is -1.00 e. The first-order valence-corrected chi connectivity index (χ1v) is 4.64. The Labute approximate surface area is 188 Å². The Morgan fingerprint density at radius 1 is 1.13 bits per heavy atom. The maximum atomic E-state index is 9.89. The van der Waals surface area contributed by atoms with E-state index in [0.717, 1.165) is 26.4 Å². The molecular formula is C6H20Na4O4P+. The summed E-state index contributed by atoms with van der Waals surface area (Å²) in [5, 5.41) is 7.00. The smallest absolute Gasteiger partial charge is 1.00 e. The zero-order valence-electron chi connectivity index (χ0n) is 15.0. The second kappa shape index (κ2) is 36.1. The van der Waals surface area contributed by atoms with Gasteiger partial charge in [-0.2, -0.15) is 0 Å². The Balaban J connectivity index is -0.00000000966. The molecule has 0 aromatic rings. The Hall–Kier alpha value is 3.98. The van der Waals surface area contributed by atoms with Crippen molar-refractivity contribution in [2.45, 2.75) is 26.2 Å². The van der Waals surface area contributed by atoms with Crippen LogP contribution in [0.2, 0.25) is 0 Å². The van der Waals surface area contributed by atoms with E-state index in [2.05, 4.69) is 11.4 Å². The van der Waals surface area contributed by atoms with E-state index in [4.69, 9.17) is 10.00 Å². The van der Waals surface area contributed by atoms with E-state index in [0.29, 0.717) is 6.61 Å². The summed E-state index contributed by atoms with van der Waals surface area (Å²) in [6, 6.07) is 0. The minimum absolute atomic E-state index is 0. The predicted octanol–water partition coefficient (Wildman–Crippen LogP) is -10.1. The average Bonchev–Trinajstić information content (AvgIpc) is 2.02. The quantitative estimate of drug-likeness (QED) is 0.298. The largest absolute Gasteiger partial charge is 1.00 e. The third-order valence-electron chi connectivity index (χ3n) is 0.950. The van der Waals surface area contributed by atoms with Crippen molar-refractivity contribution in [3.8, 4) is 0 Å². The van der Waals surface area contributed by atoms with Gasteiger partial charge in [0.1, 0.15) is 6.61 Å². The summed E-state index contributed by atoms with van der Waals surface area (Å²) in [4.78, 5) is 8.14. The van der Waals surface area contributed by atoms with Crippen molar-refractivity contribution in [3.05, 3.63) is 0 Å². The van der Waals surface area contributed by atoms with Crippen LogP contribution in [0.1, 0.15) is 31.9 Å². The van der Waals surface area contributed by atoms with Crippen LogP contribution in [0, 0.1) is 0 Å². The molecule has 0 radical (unpaired) electrons. The van der Waals surface area contributed by atoms with Crippen LogP contribution in [-0.2, 0) is 9.09 Å². The van der Waals surface area contributed by atoms with Crippen LogP contribution >= 0.6 is 8.25 Å². The van der Waals surface area contributed by atoms with Crippen molar-refractivity contribution in [3.63, 3.8) is 0 Å². The summed E-state index contributed by atoms with van der Waals surface area (Å²) in [6.45, 7) is 2.47. The molecule has 0 aromatic carbocycles. The molecule has 0 fully saturated rings. The maximum Gasteiger partial charge on any atom is 1.00 e. The topological polar surface area (TPSA) is 66.8 Å². The van der Waals surface area contributed by atoms with Crippen LogP contribution in [0.25, 0.3) is 0 Å². The number of aliphatic hydroxyl groups is 1.